The number of rotatable bonds is 3. The minimum atomic E-state index is -0.412. The molecule has 3 heterocycles. The van der Waals surface area contributed by atoms with Crippen molar-refractivity contribution in [3.63, 3.8) is 0 Å². The first-order chi connectivity index (χ1) is 10.3. The van der Waals surface area contributed by atoms with E-state index in [1.807, 2.05) is 11.4 Å². The molecule has 3 aromatic rings. The third-order valence-corrected chi connectivity index (χ3v) is 3.78. The number of hydrogen-bond donors (Lipinski definition) is 1. The molecular weight excluding hydrogens is 288 g/mol. The Hall–Kier alpha value is -2.36. The van der Waals surface area contributed by atoms with Crippen LogP contribution in [-0.2, 0) is 6.54 Å². The van der Waals surface area contributed by atoms with Gasteiger partial charge in [-0.25, -0.2) is 9.78 Å². The van der Waals surface area contributed by atoms with Gasteiger partial charge in [0.1, 0.15) is 0 Å². The Morgan fingerprint density at radius 2 is 2.38 bits per heavy atom. The lowest BCUT2D eigenvalue weighted by atomic mass is 10.3. The van der Waals surface area contributed by atoms with Crippen molar-refractivity contribution < 1.29 is 9.52 Å². The van der Waals surface area contributed by atoms with E-state index in [1.165, 1.54) is 15.9 Å². The van der Waals surface area contributed by atoms with Crippen LogP contribution in [0, 0.1) is 11.8 Å². The Kier molecular flexibility index (Phi) is 3.86. The topological polar surface area (TPSA) is 68.3 Å². The molecule has 0 bridgehead atoms. The number of hydrogen-bond acceptors (Lipinski definition) is 5. The van der Waals surface area contributed by atoms with Crippen LogP contribution in [0.15, 0.2) is 39.0 Å². The Morgan fingerprint density at radius 3 is 3.24 bits per heavy atom. The van der Waals surface area contributed by atoms with E-state index in [0.717, 1.165) is 10.4 Å². The Labute approximate surface area is 124 Å². The van der Waals surface area contributed by atoms with Crippen LogP contribution in [-0.4, -0.2) is 21.3 Å². The van der Waals surface area contributed by atoms with Gasteiger partial charge in [-0.2, -0.15) is 0 Å². The summed E-state index contributed by atoms with van der Waals surface area (Å²) in [5, 5.41) is 10.6. The maximum Gasteiger partial charge on any atom is 0.421 e. The van der Waals surface area contributed by atoms with E-state index in [0.29, 0.717) is 24.2 Å². The highest BCUT2D eigenvalue weighted by Gasteiger charge is 2.11. The molecule has 0 saturated heterocycles. The number of oxazole rings is 1. The van der Waals surface area contributed by atoms with Crippen molar-refractivity contribution >= 4 is 22.6 Å². The van der Waals surface area contributed by atoms with Gasteiger partial charge in [0.15, 0.2) is 11.2 Å². The lowest BCUT2D eigenvalue weighted by molar-refractivity contribution is 0.305. The molecule has 0 amide bonds. The fourth-order valence-corrected chi connectivity index (χ4v) is 2.75. The first kappa shape index (κ1) is 13.6. The molecule has 0 aliphatic carbocycles. The molecule has 0 unspecified atom stereocenters. The molecule has 3 aromatic heterocycles. The molecule has 106 valence electrons. The maximum atomic E-state index is 11.9. The molecule has 5 nitrogen and oxygen atoms in total. The van der Waals surface area contributed by atoms with E-state index in [-0.39, 0.29) is 6.61 Å². The molecule has 21 heavy (non-hydrogen) atoms. The fraction of sp³-hybridized carbons (Fsp3) is 0.200. The lowest BCUT2D eigenvalue weighted by Crippen LogP contribution is -2.14. The van der Waals surface area contributed by atoms with E-state index in [2.05, 4.69) is 16.8 Å². The predicted molar refractivity (Wildman–Crippen MR) is 80.3 cm³/mol. The van der Waals surface area contributed by atoms with Crippen LogP contribution in [0.3, 0.4) is 0 Å². The second-order valence-corrected chi connectivity index (χ2v) is 5.35. The van der Waals surface area contributed by atoms with E-state index >= 15 is 0 Å². The minimum Gasteiger partial charge on any atom is -0.406 e. The van der Waals surface area contributed by atoms with Gasteiger partial charge >= 0.3 is 5.76 Å². The Balaban J connectivity index is 1.88. The van der Waals surface area contributed by atoms with Crippen molar-refractivity contribution in [3.05, 3.63) is 50.8 Å². The van der Waals surface area contributed by atoms with Crippen molar-refractivity contribution in [1.29, 1.82) is 0 Å². The van der Waals surface area contributed by atoms with E-state index in [9.17, 15) is 4.79 Å². The van der Waals surface area contributed by atoms with Crippen molar-refractivity contribution in [2.75, 3.05) is 6.61 Å². The first-order valence-corrected chi connectivity index (χ1v) is 7.27. The normalized spacial score (nSPS) is 10.5. The molecule has 0 radical (unpaired) electrons. The van der Waals surface area contributed by atoms with Crippen molar-refractivity contribution in [2.24, 2.45) is 0 Å². The zero-order valence-corrected chi connectivity index (χ0v) is 11.9. The van der Waals surface area contributed by atoms with Crippen LogP contribution in [0.25, 0.3) is 11.2 Å². The molecule has 0 atom stereocenters. The number of nitrogens with zero attached hydrogens (tertiary/aromatic N) is 2. The lowest BCUT2D eigenvalue weighted by Gasteiger charge is -1.97. The number of pyridine rings is 1. The van der Waals surface area contributed by atoms with Gasteiger partial charge < -0.3 is 9.52 Å². The van der Waals surface area contributed by atoms with Gasteiger partial charge in [-0.15, -0.1) is 11.3 Å². The van der Waals surface area contributed by atoms with Gasteiger partial charge in [-0.1, -0.05) is 11.8 Å². The van der Waals surface area contributed by atoms with Crippen LogP contribution in [0.2, 0.25) is 0 Å². The number of aliphatic hydroxyl groups is 1. The Morgan fingerprint density at radius 1 is 1.48 bits per heavy atom. The minimum absolute atomic E-state index is 0.0616. The predicted octanol–water partition coefficient (Wildman–Crippen LogP) is 1.83. The quantitative estimate of drug-likeness (QED) is 0.749. The molecule has 0 aliphatic heterocycles. The zero-order valence-electron chi connectivity index (χ0n) is 11.1. The maximum absolute atomic E-state index is 11.9. The summed E-state index contributed by atoms with van der Waals surface area (Å²) in [5.74, 6) is 5.43. The summed E-state index contributed by atoms with van der Waals surface area (Å²) in [5.41, 5.74) is 1.92. The Bertz CT molecular complexity index is 879. The molecule has 0 spiro atoms. The second-order valence-electron chi connectivity index (χ2n) is 4.36. The highest BCUT2D eigenvalue weighted by molar-refractivity contribution is 7.10. The van der Waals surface area contributed by atoms with Crippen molar-refractivity contribution in [1.82, 2.24) is 9.55 Å². The summed E-state index contributed by atoms with van der Waals surface area (Å²) in [6.45, 7) is 0.473. The summed E-state index contributed by atoms with van der Waals surface area (Å²) < 4.78 is 6.66. The average Bonchev–Trinajstić information content (AvgIpc) is 3.05. The molecule has 0 saturated carbocycles. The molecule has 0 aromatic carbocycles. The number of thiophene rings is 1. The largest absolute Gasteiger partial charge is 0.421 e. The van der Waals surface area contributed by atoms with Gasteiger partial charge in [-0.3, -0.25) is 4.57 Å². The number of aliphatic hydroxyl groups excluding tert-OH is 1. The van der Waals surface area contributed by atoms with Crippen molar-refractivity contribution in [2.45, 2.75) is 13.0 Å². The van der Waals surface area contributed by atoms with Gasteiger partial charge in [0.25, 0.3) is 0 Å². The third-order valence-electron chi connectivity index (χ3n) is 2.86. The number of aromatic nitrogens is 2. The van der Waals surface area contributed by atoms with Crippen LogP contribution in [0.5, 0.6) is 0 Å². The van der Waals surface area contributed by atoms with Gasteiger partial charge in [0, 0.05) is 28.4 Å². The van der Waals surface area contributed by atoms with Gasteiger partial charge in [0.2, 0.25) is 0 Å². The summed E-state index contributed by atoms with van der Waals surface area (Å²) in [4.78, 5) is 17.0. The van der Waals surface area contributed by atoms with E-state index < -0.39 is 5.76 Å². The van der Waals surface area contributed by atoms with E-state index in [4.69, 9.17) is 9.52 Å². The van der Waals surface area contributed by atoms with Crippen LogP contribution in [0.4, 0.5) is 0 Å². The molecule has 0 fully saturated rings. The molecule has 0 aliphatic rings. The standard InChI is InChI=1S/C15H12N2O3S/c18-7-2-1-4-11-8-12(21-10-11)9-17-14-13(20-15(17)19)5-3-6-16-14/h3,5-6,8,10,18H,2,7,9H2. The van der Waals surface area contributed by atoms with Crippen LogP contribution >= 0.6 is 11.3 Å². The fourth-order valence-electron chi connectivity index (χ4n) is 1.95. The third kappa shape index (κ3) is 2.89. The smallest absolute Gasteiger partial charge is 0.406 e. The first-order valence-electron chi connectivity index (χ1n) is 6.39. The van der Waals surface area contributed by atoms with Crippen molar-refractivity contribution in [3.8, 4) is 11.8 Å². The summed E-state index contributed by atoms with van der Waals surface area (Å²) >= 11 is 1.53. The highest BCUT2D eigenvalue weighted by atomic mass is 32.1. The average molecular weight is 300 g/mol. The second kappa shape index (κ2) is 5.95. The SMILES string of the molecule is O=c1oc2cccnc2n1Cc1cc(C#CCCO)cs1. The molecular formula is C15H12N2O3S. The van der Waals surface area contributed by atoms with Crippen LogP contribution in [0.1, 0.15) is 16.9 Å². The summed E-state index contributed by atoms with van der Waals surface area (Å²) in [6.07, 6.45) is 2.09. The summed E-state index contributed by atoms with van der Waals surface area (Å²) in [7, 11) is 0. The van der Waals surface area contributed by atoms with E-state index in [1.54, 1.807) is 18.3 Å². The highest BCUT2D eigenvalue weighted by Crippen LogP contribution is 2.17. The monoisotopic (exact) mass is 300 g/mol. The van der Waals surface area contributed by atoms with Gasteiger partial charge in [-0.05, 0) is 18.2 Å². The number of fused-ring (bicyclic) bond motifs is 1. The molecule has 6 heteroatoms. The zero-order chi connectivity index (χ0) is 14.7. The molecule has 3 rings (SSSR count). The summed E-state index contributed by atoms with van der Waals surface area (Å²) in [6, 6.07) is 5.39. The van der Waals surface area contributed by atoms with Crippen LogP contribution < -0.4 is 5.76 Å². The van der Waals surface area contributed by atoms with Gasteiger partial charge in [0.05, 0.1) is 13.2 Å². The molecule has 1 N–H and O–H groups in total.